The molecule has 0 atom stereocenters. The smallest absolute Gasteiger partial charge is 0.160 e. The molecule has 0 aliphatic carbocycles. The van der Waals surface area contributed by atoms with Gasteiger partial charge in [-0.15, -0.1) is 0 Å². The van der Waals surface area contributed by atoms with Gasteiger partial charge in [-0.05, 0) is 64.0 Å². The highest BCUT2D eigenvalue weighted by Crippen LogP contribution is 2.43. The maximum atomic E-state index is 7.05. The summed E-state index contributed by atoms with van der Waals surface area (Å²) in [5, 5.41) is 9.37. The second-order valence-corrected chi connectivity index (χ2v) is 13.4. The maximum Gasteiger partial charge on any atom is 0.160 e. The minimum Gasteiger partial charge on any atom is -0.453 e. The molecule has 0 saturated heterocycles. The van der Waals surface area contributed by atoms with Crippen LogP contribution < -0.4 is 0 Å². The minimum absolute atomic E-state index is 0.673. The molecule has 242 valence electrons. The fraction of sp³-hybridized carbons (Fsp3) is 0. The summed E-state index contributed by atoms with van der Waals surface area (Å²) in [5.41, 5.74) is 9.57. The zero-order valence-electron chi connectivity index (χ0n) is 28.0. The molecule has 4 heteroatoms. The van der Waals surface area contributed by atoms with E-state index < -0.39 is 0 Å². The van der Waals surface area contributed by atoms with E-state index in [1.807, 2.05) is 18.2 Å². The van der Waals surface area contributed by atoms with Gasteiger partial charge in [0.25, 0.3) is 0 Å². The molecule has 52 heavy (non-hydrogen) atoms. The van der Waals surface area contributed by atoms with Gasteiger partial charge in [-0.2, -0.15) is 0 Å². The van der Waals surface area contributed by atoms with E-state index in [-0.39, 0.29) is 0 Å². The number of rotatable bonds is 4. The zero-order valence-corrected chi connectivity index (χ0v) is 28.0. The van der Waals surface area contributed by atoms with Crippen molar-refractivity contribution in [2.45, 2.75) is 0 Å². The van der Waals surface area contributed by atoms with Crippen LogP contribution in [0.25, 0.3) is 105 Å². The molecule has 0 unspecified atom stereocenters. The Balaban J connectivity index is 1.17. The van der Waals surface area contributed by atoms with Crippen molar-refractivity contribution < 1.29 is 4.42 Å². The molecule has 0 amide bonds. The van der Waals surface area contributed by atoms with E-state index in [1.54, 1.807) is 0 Å². The molecule has 0 radical (unpaired) electrons. The van der Waals surface area contributed by atoms with Crippen molar-refractivity contribution >= 4 is 65.3 Å². The summed E-state index contributed by atoms with van der Waals surface area (Å²) in [4.78, 5) is 10.4. The van der Waals surface area contributed by atoms with Crippen molar-refractivity contribution in [3.63, 3.8) is 0 Å². The molecule has 0 saturated carbocycles. The third-order valence-corrected chi connectivity index (χ3v) is 10.4. The molecule has 0 fully saturated rings. The van der Waals surface area contributed by atoms with E-state index in [0.29, 0.717) is 5.82 Å². The molecule has 11 aromatic rings. The van der Waals surface area contributed by atoms with Gasteiger partial charge in [0.1, 0.15) is 5.58 Å². The van der Waals surface area contributed by atoms with Gasteiger partial charge in [0, 0.05) is 43.9 Å². The van der Waals surface area contributed by atoms with Gasteiger partial charge in [-0.1, -0.05) is 133 Å². The number of nitrogens with zero attached hydrogens (tertiary/aromatic N) is 3. The quantitative estimate of drug-likeness (QED) is 0.176. The fourth-order valence-electron chi connectivity index (χ4n) is 7.97. The largest absolute Gasteiger partial charge is 0.453 e. The van der Waals surface area contributed by atoms with Gasteiger partial charge in [-0.25, -0.2) is 9.97 Å². The first-order valence-corrected chi connectivity index (χ1v) is 17.6. The van der Waals surface area contributed by atoms with Gasteiger partial charge in [-0.3, -0.25) is 0 Å². The average molecular weight is 664 g/mol. The van der Waals surface area contributed by atoms with Gasteiger partial charge in [0.15, 0.2) is 11.4 Å². The summed E-state index contributed by atoms with van der Waals surface area (Å²) in [5.74, 6) is 0.673. The molecular weight excluding hydrogens is 635 g/mol. The Morgan fingerprint density at radius 1 is 0.404 bits per heavy atom. The Morgan fingerprint density at radius 3 is 1.94 bits per heavy atom. The van der Waals surface area contributed by atoms with Crippen LogP contribution in [0, 0.1) is 0 Å². The normalized spacial score (nSPS) is 11.8. The first-order chi connectivity index (χ1) is 25.8. The third kappa shape index (κ3) is 4.34. The Labute approximate surface area is 298 Å². The first kappa shape index (κ1) is 28.8. The number of hydrogen-bond donors (Lipinski definition) is 0. The number of para-hydroxylation sites is 3. The van der Waals surface area contributed by atoms with Crippen molar-refractivity contribution in [2.24, 2.45) is 0 Å². The van der Waals surface area contributed by atoms with Crippen LogP contribution in [0.3, 0.4) is 0 Å². The maximum absolute atomic E-state index is 7.05. The summed E-state index contributed by atoms with van der Waals surface area (Å²) in [7, 11) is 0. The van der Waals surface area contributed by atoms with E-state index in [0.717, 1.165) is 72.1 Å². The molecule has 8 aromatic carbocycles. The van der Waals surface area contributed by atoms with Crippen molar-refractivity contribution in [3.05, 3.63) is 176 Å². The summed E-state index contributed by atoms with van der Waals surface area (Å²) < 4.78 is 9.38. The van der Waals surface area contributed by atoms with Crippen LogP contribution in [-0.4, -0.2) is 14.5 Å². The van der Waals surface area contributed by atoms with Crippen molar-refractivity contribution in [3.8, 4) is 39.6 Å². The molecule has 3 heterocycles. The number of furan rings is 1. The zero-order chi connectivity index (χ0) is 34.2. The highest BCUT2D eigenvalue weighted by molar-refractivity contribution is 6.22. The SMILES string of the molecule is c1ccc(-c2nc(-c3ccc4c(ccc5ccccc54)c3)cc(-c3cccc4c3oc3c4ccc4c5ccccc5n(-c5ccccc5)c43)n2)cc1. The summed E-state index contributed by atoms with van der Waals surface area (Å²) >= 11 is 0. The van der Waals surface area contributed by atoms with Crippen LogP contribution in [0.1, 0.15) is 0 Å². The van der Waals surface area contributed by atoms with Crippen molar-refractivity contribution in [1.29, 1.82) is 0 Å². The van der Waals surface area contributed by atoms with Gasteiger partial charge in [0.05, 0.1) is 22.4 Å². The lowest BCUT2D eigenvalue weighted by atomic mass is 9.98. The summed E-state index contributed by atoms with van der Waals surface area (Å²) in [6.07, 6.45) is 0. The predicted molar refractivity (Wildman–Crippen MR) is 215 cm³/mol. The number of fused-ring (bicyclic) bond motifs is 10. The van der Waals surface area contributed by atoms with Gasteiger partial charge in [0.2, 0.25) is 0 Å². The van der Waals surface area contributed by atoms with E-state index in [1.165, 1.54) is 26.9 Å². The molecule has 11 rings (SSSR count). The Bertz CT molecular complexity index is 3180. The molecule has 0 N–H and O–H groups in total. The highest BCUT2D eigenvalue weighted by Gasteiger charge is 2.21. The minimum atomic E-state index is 0.673. The summed E-state index contributed by atoms with van der Waals surface area (Å²) in [6.45, 7) is 0. The van der Waals surface area contributed by atoms with Crippen LogP contribution >= 0.6 is 0 Å². The Morgan fingerprint density at radius 2 is 1.06 bits per heavy atom. The van der Waals surface area contributed by atoms with Crippen LogP contribution in [0.5, 0.6) is 0 Å². The lowest BCUT2D eigenvalue weighted by Gasteiger charge is -2.11. The molecule has 3 aromatic heterocycles. The van der Waals surface area contributed by atoms with E-state index in [2.05, 4.69) is 162 Å². The second-order valence-electron chi connectivity index (χ2n) is 13.4. The molecule has 0 aliphatic rings. The molecule has 4 nitrogen and oxygen atoms in total. The standard InChI is InChI=1S/C48H29N3O/c1-3-13-31(14-4-1)48-49-42(33-24-25-36-32(28-33)23-22-30-12-7-8-17-35(30)36)29-43(50-48)41-20-11-19-39-40-27-26-38-37-18-9-10-21-44(37)51(34-15-5-2-6-16-34)45(38)47(40)52-46(39)41/h1-29H. The van der Waals surface area contributed by atoms with Gasteiger partial charge < -0.3 is 8.98 Å². The summed E-state index contributed by atoms with van der Waals surface area (Å²) in [6, 6.07) is 61.8. The second kappa shape index (κ2) is 11.2. The number of hydrogen-bond acceptors (Lipinski definition) is 3. The van der Waals surface area contributed by atoms with Crippen LogP contribution in [0.2, 0.25) is 0 Å². The Kier molecular flexibility index (Phi) is 6.22. The topological polar surface area (TPSA) is 43.9 Å². The lowest BCUT2D eigenvalue weighted by Crippen LogP contribution is -1.96. The third-order valence-electron chi connectivity index (χ3n) is 10.4. The predicted octanol–water partition coefficient (Wildman–Crippen LogP) is 12.8. The molecular formula is C48H29N3O. The van der Waals surface area contributed by atoms with Crippen LogP contribution in [0.4, 0.5) is 0 Å². The molecule has 0 spiro atoms. The van der Waals surface area contributed by atoms with Crippen LogP contribution in [-0.2, 0) is 0 Å². The highest BCUT2D eigenvalue weighted by atomic mass is 16.3. The van der Waals surface area contributed by atoms with Crippen molar-refractivity contribution in [1.82, 2.24) is 14.5 Å². The van der Waals surface area contributed by atoms with E-state index >= 15 is 0 Å². The average Bonchev–Trinajstić information content (AvgIpc) is 3.77. The number of aromatic nitrogens is 3. The van der Waals surface area contributed by atoms with Crippen LogP contribution in [0.15, 0.2) is 180 Å². The lowest BCUT2D eigenvalue weighted by molar-refractivity contribution is 0.672. The first-order valence-electron chi connectivity index (χ1n) is 17.6. The molecule has 0 aliphatic heterocycles. The van der Waals surface area contributed by atoms with Crippen molar-refractivity contribution in [2.75, 3.05) is 0 Å². The van der Waals surface area contributed by atoms with E-state index in [4.69, 9.17) is 14.4 Å². The van der Waals surface area contributed by atoms with E-state index in [9.17, 15) is 0 Å². The Hall–Kier alpha value is -7.04. The number of benzene rings is 8. The van der Waals surface area contributed by atoms with Gasteiger partial charge >= 0.3 is 0 Å². The monoisotopic (exact) mass is 663 g/mol. The fourth-order valence-corrected chi connectivity index (χ4v) is 7.97. The molecule has 0 bridgehead atoms.